The van der Waals surface area contributed by atoms with Gasteiger partial charge in [0.05, 0.1) is 6.42 Å². The predicted octanol–water partition coefficient (Wildman–Crippen LogP) is 5.61. The fourth-order valence-corrected chi connectivity index (χ4v) is 4.68. The molecule has 0 fully saturated rings. The highest BCUT2D eigenvalue weighted by atomic mass is 16.6. The topological polar surface area (TPSA) is 131 Å². The quantitative estimate of drug-likeness (QED) is 0.196. The second-order valence-corrected chi connectivity index (χ2v) is 11.9. The minimum Gasteiger partial charge on any atom is -0.444 e. The van der Waals surface area contributed by atoms with Crippen molar-refractivity contribution in [3.05, 3.63) is 34.9 Å². The van der Waals surface area contributed by atoms with E-state index in [2.05, 4.69) is 24.5 Å². The van der Waals surface area contributed by atoms with E-state index in [9.17, 15) is 19.2 Å². The lowest BCUT2D eigenvalue weighted by molar-refractivity contribution is -0.143. The number of nitrogens with two attached hydrogens (primary N) is 1. The number of rotatable bonds is 18. The Morgan fingerprint density at radius 3 is 2.15 bits per heavy atom. The number of alkyl carbamates (subject to hydrolysis) is 1. The smallest absolute Gasteiger partial charge is 0.408 e. The summed E-state index contributed by atoms with van der Waals surface area (Å²) in [4.78, 5) is 54.3. The van der Waals surface area contributed by atoms with Gasteiger partial charge in [-0.15, -0.1) is 0 Å². The van der Waals surface area contributed by atoms with E-state index < -0.39 is 42.0 Å². The highest BCUT2D eigenvalue weighted by Crippen LogP contribution is 2.28. The van der Waals surface area contributed by atoms with Crippen molar-refractivity contribution in [2.24, 2.45) is 5.73 Å². The van der Waals surface area contributed by atoms with E-state index in [0.29, 0.717) is 18.5 Å². The van der Waals surface area contributed by atoms with E-state index in [1.54, 1.807) is 20.8 Å². The zero-order valence-corrected chi connectivity index (χ0v) is 26.4. The van der Waals surface area contributed by atoms with Gasteiger partial charge in [0.1, 0.15) is 17.7 Å². The van der Waals surface area contributed by atoms with Crippen molar-refractivity contribution in [1.29, 1.82) is 0 Å². The summed E-state index contributed by atoms with van der Waals surface area (Å²) >= 11 is 0. The number of nitrogens with one attached hydrogen (secondary N) is 2. The largest absolute Gasteiger partial charge is 0.444 e. The SMILES string of the molecule is CCCCCCCCN(C(=O)C(CC(N)=O)NC(=O)OC(C)(C)C)C(C(=O)NCCCCC)c1cccc(C)c1C. The molecule has 41 heavy (non-hydrogen) atoms. The number of hydrogen-bond acceptors (Lipinski definition) is 5. The molecule has 232 valence electrons. The van der Waals surface area contributed by atoms with E-state index in [-0.39, 0.29) is 12.5 Å². The van der Waals surface area contributed by atoms with Gasteiger partial charge in [-0.25, -0.2) is 4.79 Å². The Labute approximate surface area is 247 Å². The number of hydrogen-bond donors (Lipinski definition) is 3. The van der Waals surface area contributed by atoms with Gasteiger partial charge in [-0.2, -0.15) is 0 Å². The van der Waals surface area contributed by atoms with Crippen LogP contribution in [-0.2, 0) is 19.1 Å². The molecule has 9 nitrogen and oxygen atoms in total. The molecule has 1 rings (SSSR count). The number of carbonyl (C=O) groups is 4. The zero-order chi connectivity index (χ0) is 31.0. The second-order valence-electron chi connectivity index (χ2n) is 11.9. The number of primary amides is 1. The monoisotopic (exact) mass is 574 g/mol. The molecule has 0 aliphatic heterocycles. The third-order valence-corrected chi connectivity index (χ3v) is 7.01. The van der Waals surface area contributed by atoms with Crippen LogP contribution in [0, 0.1) is 13.8 Å². The molecule has 0 heterocycles. The summed E-state index contributed by atoms with van der Waals surface area (Å²) in [5.41, 5.74) is 7.33. The first-order valence-electron chi connectivity index (χ1n) is 15.2. The molecule has 0 spiro atoms. The lowest BCUT2D eigenvalue weighted by atomic mass is 9.94. The van der Waals surface area contributed by atoms with Crippen LogP contribution in [0.2, 0.25) is 0 Å². The normalized spacial score (nSPS) is 12.8. The van der Waals surface area contributed by atoms with E-state index in [0.717, 1.165) is 62.5 Å². The maximum absolute atomic E-state index is 14.2. The minimum atomic E-state index is -1.28. The first-order valence-corrected chi connectivity index (χ1v) is 15.2. The number of aryl methyl sites for hydroxylation is 1. The molecule has 1 aromatic carbocycles. The number of ether oxygens (including phenoxy) is 1. The van der Waals surface area contributed by atoms with E-state index in [1.807, 2.05) is 32.0 Å². The van der Waals surface area contributed by atoms with Gasteiger partial charge in [0.25, 0.3) is 0 Å². The molecule has 0 saturated carbocycles. The lowest BCUT2D eigenvalue weighted by Gasteiger charge is -2.35. The molecule has 0 radical (unpaired) electrons. The Hall–Kier alpha value is -3.10. The van der Waals surface area contributed by atoms with Gasteiger partial charge in [-0.3, -0.25) is 14.4 Å². The van der Waals surface area contributed by atoms with Crippen molar-refractivity contribution in [1.82, 2.24) is 15.5 Å². The fraction of sp³-hybridized carbons (Fsp3) is 0.688. The van der Waals surface area contributed by atoms with Crippen molar-refractivity contribution < 1.29 is 23.9 Å². The van der Waals surface area contributed by atoms with Crippen LogP contribution in [-0.4, -0.2) is 53.4 Å². The highest BCUT2D eigenvalue weighted by Gasteiger charge is 2.37. The van der Waals surface area contributed by atoms with Gasteiger partial charge in [-0.1, -0.05) is 77.0 Å². The average Bonchev–Trinajstić information content (AvgIpc) is 2.88. The van der Waals surface area contributed by atoms with Crippen LogP contribution in [0.25, 0.3) is 0 Å². The van der Waals surface area contributed by atoms with E-state index in [4.69, 9.17) is 10.5 Å². The van der Waals surface area contributed by atoms with Crippen LogP contribution in [0.4, 0.5) is 4.79 Å². The summed E-state index contributed by atoms with van der Waals surface area (Å²) in [6.07, 6.45) is 7.55. The molecule has 0 aromatic heterocycles. The van der Waals surface area contributed by atoms with Gasteiger partial charge < -0.3 is 26.0 Å². The summed E-state index contributed by atoms with van der Waals surface area (Å²) in [6, 6.07) is 3.50. The number of carbonyl (C=O) groups excluding carboxylic acids is 4. The van der Waals surface area contributed by atoms with Gasteiger partial charge in [0, 0.05) is 13.1 Å². The maximum atomic E-state index is 14.2. The molecular formula is C32H54N4O5. The molecular weight excluding hydrogens is 520 g/mol. The van der Waals surface area contributed by atoms with Crippen molar-refractivity contribution in [3.63, 3.8) is 0 Å². The van der Waals surface area contributed by atoms with Crippen molar-refractivity contribution in [2.45, 2.75) is 130 Å². The standard InChI is InChI=1S/C32H54N4O5/c1-8-10-12-13-14-16-21-36(30(39)26(22-27(33)37)35-31(40)41-32(5,6)7)28(29(38)34-20-15-11-9-2)25-19-17-18-23(3)24(25)4/h17-19,26,28H,8-16,20-22H2,1-7H3,(H2,33,37)(H,34,38)(H,35,40). The van der Waals surface area contributed by atoms with Crippen LogP contribution < -0.4 is 16.4 Å². The molecule has 1 aromatic rings. The third-order valence-electron chi connectivity index (χ3n) is 7.01. The molecule has 0 aliphatic rings. The second kappa shape index (κ2) is 18.4. The molecule has 4 amide bonds. The van der Waals surface area contributed by atoms with Crippen LogP contribution in [0.15, 0.2) is 18.2 Å². The molecule has 4 N–H and O–H groups in total. The van der Waals surface area contributed by atoms with E-state index >= 15 is 0 Å². The maximum Gasteiger partial charge on any atom is 0.408 e. The Balaban J connectivity index is 3.50. The zero-order valence-electron chi connectivity index (χ0n) is 26.4. The summed E-state index contributed by atoms with van der Waals surface area (Å²) < 4.78 is 5.37. The van der Waals surface area contributed by atoms with Gasteiger partial charge in [0.2, 0.25) is 17.7 Å². The summed E-state index contributed by atoms with van der Waals surface area (Å²) in [5, 5.41) is 5.58. The van der Waals surface area contributed by atoms with Crippen LogP contribution in [0.5, 0.6) is 0 Å². The Kier molecular flexibility index (Phi) is 16.1. The molecule has 0 bridgehead atoms. The predicted molar refractivity (Wildman–Crippen MR) is 163 cm³/mol. The summed E-state index contributed by atoms with van der Waals surface area (Å²) in [7, 11) is 0. The van der Waals surface area contributed by atoms with Gasteiger partial charge >= 0.3 is 6.09 Å². The Bertz CT molecular complexity index is 989. The van der Waals surface area contributed by atoms with Crippen LogP contribution >= 0.6 is 0 Å². The first-order chi connectivity index (χ1) is 19.3. The van der Waals surface area contributed by atoms with Crippen LogP contribution in [0.3, 0.4) is 0 Å². The first kappa shape index (κ1) is 35.9. The third kappa shape index (κ3) is 13.4. The van der Waals surface area contributed by atoms with Gasteiger partial charge in [-0.05, 0) is 64.2 Å². The lowest BCUT2D eigenvalue weighted by Crippen LogP contribution is -2.54. The van der Waals surface area contributed by atoms with Crippen molar-refractivity contribution >= 4 is 23.8 Å². The Morgan fingerprint density at radius 2 is 1.54 bits per heavy atom. The number of unbranched alkanes of at least 4 members (excludes halogenated alkanes) is 7. The molecule has 0 aliphatic carbocycles. The van der Waals surface area contributed by atoms with E-state index in [1.165, 1.54) is 4.90 Å². The van der Waals surface area contributed by atoms with Crippen molar-refractivity contribution in [2.75, 3.05) is 13.1 Å². The fourth-order valence-electron chi connectivity index (χ4n) is 4.68. The Morgan fingerprint density at radius 1 is 0.927 bits per heavy atom. The highest BCUT2D eigenvalue weighted by molar-refractivity contribution is 5.94. The summed E-state index contributed by atoms with van der Waals surface area (Å²) in [5.74, 6) is -1.58. The number of amides is 4. The molecule has 2 unspecified atom stereocenters. The molecule has 0 saturated heterocycles. The minimum absolute atomic E-state index is 0.288. The summed E-state index contributed by atoms with van der Waals surface area (Å²) in [6.45, 7) is 14.1. The van der Waals surface area contributed by atoms with Crippen molar-refractivity contribution in [3.8, 4) is 0 Å². The molecule has 9 heteroatoms. The average molecular weight is 575 g/mol. The van der Waals surface area contributed by atoms with Crippen LogP contribution in [0.1, 0.15) is 122 Å². The number of benzene rings is 1. The van der Waals surface area contributed by atoms with Gasteiger partial charge in [0.15, 0.2) is 0 Å². The molecule has 2 atom stereocenters. The number of nitrogens with zero attached hydrogens (tertiary/aromatic N) is 1.